The predicted octanol–water partition coefficient (Wildman–Crippen LogP) is 2.59. The van der Waals surface area contributed by atoms with Crippen molar-refractivity contribution < 1.29 is 13.2 Å². The lowest BCUT2D eigenvalue weighted by Crippen LogP contribution is -2.43. The highest BCUT2D eigenvalue weighted by Crippen LogP contribution is 2.09. The van der Waals surface area contributed by atoms with Gasteiger partial charge in [0.2, 0.25) is 10.0 Å². The molecule has 6 nitrogen and oxygen atoms in total. The van der Waals surface area contributed by atoms with Crippen LogP contribution in [0.5, 0.6) is 0 Å². The van der Waals surface area contributed by atoms with Crippen molar-refractivity contribution in [3.8, 4) is 0 Å². The number of aryl methyl sites for hydroxylation is 2. The molecule has 2 amide bonds. The molecule has 0 saturated carbocycles. The van der Waals surface area contributed by atoms with E-state index in [4.69, 9.17) is 0 Å². The summed E-state index contributed by atoms with van der Waals surface area (Å²) in [6.07, 6.45) is 1.72. The number of nitrogens with one attached hydrogen (secondary N) is 3. The molecule has 0 heterocycles. The van der Waals surface area contributed by atoms with Crippen molar-refractivity contribution >= 4 is 16.1 Å². The molecule has 2 aromatic carbocycles. The Morgan fingerprint density at radius 2 is 1.67 bits per heavy atom. The monoisotopic (exact) mass is 389 g/mol. The van der Waals surface area contributed by atoms with Crippen molar-refractivity contribution in [3.05, 3.63) is 65.7 Å². The lowest BCUT2D eigenvalue weighted by Gasteiger charge is -2.15. The highest BCUT2D eigenvalue weighted by molar-refractivity contribution is 7.89. The number of benzene rings is 2. The minimum Gasteiger partial charge on any atom is -0.337 e. The lowest BCUT2D eigenvalue weighted by atomic mass is 10.1. The fraction of sp³-hybridized carbons (Fsp3) is 0.350. The second-order valence-electron chi connectivity index (χ2n) is 6.54. The van der Waals surface area contributed by atoms with E-state index in [-0.39, 0.29) is 30.1 Å². The summed E-state index contributed by atoms with van der Waals surface area (Å²) in [5, 5.41) is 5.53. The molecule has 7 heteroatoms. The van der Waals surface area contributed by atoms with Crippen LogP contribution in [0, 0.1) is 6.92 Å². The largest absolute Gasteiger partial charge is 0.337 e. The van der Waals surface area contributed by atoms with Gasteiger partial charge in [0.1, 0.15) is 0 Å². The molecular formula is C20H27N3O3S. The molecule has 0 radical (unpaired) electrons. The first kappa shape index (κ1) is 20.9. The number of sulfonamides is 1. The van der Waals surface area contributed by atoms with Gasteiger partial charge in [-0.25, -0.2) is 17.9 Å². The van der Waals surface area contributed by atoms with Crippen LogP contribution in [-0.4, -0.2) is 33.6 Å². The van der Waals surface area contributed by atoms with Crippen molar-refractivity contribution in [2.24, 2.45) is 0 Å². The van der Waals surface area contributed by atoms with Gasteiger partial charge in [0.15, 0.2) is 0 Å². The lowest BCUT2D eigenvalue weighted by molar-refractivity contribution is 0.237. The first-order chi connectivity index (χ1) is 12.9. The molecule has 0 aliphatic rings. The van der Waals surface area contributed by atoms with Crippen molar-refractivity contribution in [2.45, 2.75) is 37.6 Å². The van der Waals surface area contributed by atoms with Crippen LogP contribution in [0.2, 0.25) is 0 Å². The molecule has 0 aromatic heterocycles. The van der Waals surface area contributed by atoms with Gasteiger partial charge < -0.3 is 10.6 Å². The van der Waals surface area contributed by atoms with Gasteiger partial charge in [-0.05, 0) is 44.4 Å². The van der Waals surface area contributed by atoms with E-state index in [1.54, 1.807) is 24.3 Å². The van der Waals surface area contributed by atoms with Gasteiger partial charge in [0.05, 0.1) is 4.90 Å². The Labute approximate surface area is 161 Å². The van der Waals surface area contributed by atoms with Crippen molar-refractivity contribution in [3.63, 3.8) is 0 Å². The van der Waals surface area contributed by atoms with Gasteiger partial charge in [-0.2, -0.15) is 0 Å². The molecule has 0 aliphatic carbocycles. The summed E-state index contributed by atoms with van der Waals surface area (Å²) in [7, 11) is -3.56. The molecule has 0 unspecified atom stereocenters. The third-order valence-electron chi connectivity index (χ3n) is 4.12. The van der Waals surface area contributed by atoms with Crippen LogP contribution in [0.4, 0.5) is 4.79 Å². The van der Waals surface area contributed by atoms with Crippen LogP contribution < -0.4 is 15.4 Å². The summed E-state index contributed by atoms with van der Waals surface area (Å²) in [6, 6.07) is 16.4. The fourth-order valence-electron chi connectivity index (χ4n) is 2.54. The third kappa shape index (κ3) is 7.40. The summed E-state index contributed by atoms with van der Waals surface area (Å²) in [4.78, 5) is 12.1. The second kappa shape index (κ2) is 10.1. The van der Waals surface area contributed by atoms with Gasteiger partial charge >= 0.3 is 6.03 Å². The topological polar surface area (TPSA) is 87.3 Å². The molecule has 1 atom stereocenters. The Hall–Kier alpha value is -2.38. The fourth-order valence-corrected chi connectivity index (χ4v) is 3.57. The van der Waals surface area contributed by atoms with Crippen LogP contribution in [0.25, 0.3) is 0 Å². The van der Waals surface area contributed by atoms with Gasteiger partial charge in [0, 0.05) is 19.1 Å². The number of amides is 2. The molecule has 2 aromatic rings. The Morgan fingerprint density at radius 3 is 2.33 bits per heavy atom. The number of urea groups is 1. The smallest absolute Gasteiger partial charge is 0.315 e. The molecule has 0 fully saturated rings. The molecule has 0 bridgehead atoms. The quantitative estimate of drug-likeness (QED) is 0.576. The summed E-state index contributed by atoms with van der Waals surface area (Å²) in [5.74, 6) is 0. The van der Waals surface area contributed by atoms with E-state index in [1.165, 1.54) is 5.56 Å². The molecule has 146 valence electrons. The molecule has 0 aliphatic heterocycles. The molecule has 3 N–H and O–H groups in total. The number of hydrogen-bond acceptors (Lipinski definition) is 3. The summed E-state index contributed by atoms with van der Waals surface area (Å²) < 4.78 is 26.8. The number of carbonyl (C=O) groups excluding carboxylic acids is 1. The second-order valence-corrected chi connectivity index (χ2v) is 8.30. The number of rotatable bonds is 9. The first-order valence-electron chi connectivity index (χ1n) is 9.01. The Morgan fingerprint density at radius 1 is 1.00 bits per heavy atom. The Balaban J connectivity index is 1.66. The average molecular weight is 390 g/mol. The molecule has 0 saturated heterocycles. The zero-order valence-electron chi connectivity index (χ0n) is 15.7. The summed E-state index contributed by atoms with van der Waals surface area (Å²) in [6.45, 7) is 4.18. The van der Waals surface area contributed by atoms with Crippen LogP contribution in [0.3, 0.4) is 0 Å². The van der Waals surface area contributed by atoms with Crippen LogP contribution in [0.1, 0.15) is 24.5 Å². The normalized spacial score (nSPS) is 12.4. The third-order valence-corrected chi connectivity index (χ3v) is 5.60. The zero-order valence-corrected chi connectivity index (χ0v) is 16.6. The maximum absolute atomic E-state index is 12.1. The minimum absolute atomic E-state index is 0.0226. The van der Waals surface area contributed by atoms with Gasteiger partial charge in [-0.1, -0.05) is 48.0 Å². The number of carbonyl (C=O) groups is 1. The first-order valence-corrected chi connectivity index (χ1v) is 10.5. The molecule has 2 rings (SSSR count). The van der Waals surface area contributed by atoms with Crippen LogP contribution in [-0.2, 0) is 16.4 Å². The van der Waals surface area contributed by atoms with Crippen LogP contribution in [0.15, 0.2) is 59.5 Å². The maximum Gasteiger partial charge on any atom is 0.315 e. The van der Waals surface area contributed by atoms with Crippen molar-refractivity contribution in [1.29, 1.82) is 0 Å². The standard InChI is InChI=1S/C20H27N3O3S/c1-16-8-12-19(13-9-16)27(25,26)22-15-14-21-20(24)23-17(2)10-11-18-6-4-3-5-7-18/h3-9,12-13,17,22H,10-11,14-15H2,1-2H3,(H2,21,23,24)/t17-/m0/s1. The predicted molar refractivity (Wildman–Crippen MR) is 107 cm³/mol. The highest BCUT2D eigenvalue weighted by Gasteiger charge is 2.13. The molecular weight excluding hydrogens is 362 g/mol. The van der Waals surface area contributed by atoms with E-state index in [9.17, 15) is 13.2 Å². The summed E-state index contributed by atoms with van der Waals surface area (Å²) in [5.41, 5.74) is 2.23. The van der Waals surface area contributed by atoms with E-state index in [2.05, 4.69) is 27.5 Å². The van der Waals surface area contributed by atoms with E-state index < -0.39 is 10.0 Å². The molecule has 27 heavy (non-hydrogen) atoms. The Kier molecular flexibility index (Phi) is 7.82. The molecule has 0 spiro atoms. The van der Waals surface area contributed by atoms with Gasteiger partial charge in [-0.15, -0.1) is 0 Å². The Bertz CT molecular complexity index is 821. The maximum atomic E-state index is 12.1. The van der Waals surface area contributed by atoms with E-state index in [0.717, 1.165) is 18.4 Å². The van der Waals surface area contributed by atoms with E-state index >= 15 is 0 Å². The average Bonchev–Trinajstić information content (AvgIpc) is 2.65. The van der Waals surface area contributed by atoms with Gasteiger partial charge in [0.25, 0.3) is 0 Å². The highest BCUT2D eigenvalue weighted by atomic mass is 32.2. The van der Waals surface area contributed by atoms with E-state index in [0.29, 0.717) is 0 Å². The zero-order chi connectivity index (χ0) is 19.7. The minimum atomic E-state index is -3.56. The van der Waals surface area contributed by atoms with Gasteiger partial charge in [-0.3, -0.25) is 0 Å². The number of hydrogen-bond donors (Lipinski definition) is 3. The SMILES string of the molecule is Cc1ccc(S(=O)(=O)NCCNC(=O)N[C@@H](C)CCc2ccccc2)cc1. The van der Waals surface area contributed by atoms with Crippen molar-refractivity contribution in [1.82, 2.24) is 15.4 Å². The van der Waals surface area contributed by atoms with Crippen LogP contribution >= 0.6 is 0 Å². The van der Waals surface area contributed by atoms with Crippen molar-refractivity contribution in [2.75, 3.05) is 13.1 Å². The van der Waals surface area contributed by atoms with E-state index in [1.807, 2.05) is 32.0 Å². The summed E-state index contributed by atoms with van der Waals surface area (Å²) >= 11 is 0.